The van der Waals surface area contributed by atoms with Crippen LogP contribution in [0.4, 0.5) is 4.39 Å². The van der Waals surface area contributed by atoms with Gasteiger partial charge >= 0.3 is 0 Å². The van der Waals surface area contributed by atoms with Gasteiger partial charge in [0.05, 0.1) is 13.3 Å². The van der Waals surface area contributed by atoms with Gasteiger partial charge in [-0.3, -0.25) is 0 Å². The maximum Gasteiger partial charge on any atom is 0.198 e. The van der Waals surface area contributed by atoms with Gasteiger partial charge in [-0.1, -0.05) is 0 Å². The van der Waals surface area contributed by atoms with E-state index in [0.717, 1.165) is 31.8 Å². The van der Waals surface area contributed by atoms with Crippen molar-refractivity contribution < 1.29 is 13.5 Å². The highest BCUT2D eigenvalue weighted by atomic mass is 19.1. The lowest BCUT2D eigenvalue weighted by Gasteiger charge is -2.19. The minimum atomic E-state index is -0.398. The van der Waals surface area contributed by atoms with Crippen LogP contribution in [0.15, 0.2) is 28.8 Å². The molecule has 1 aliphatic heterocycles. The molecule has 0 amide bonds. The molecule has 0 atom stereocenters. The van der Waals surface area contributed by atoms with Crippen LogP contribution in [-0.2, 0) is 0 Å². The first-order valence-corrected chi connectivity index (χ1v) is 6.78. The molecular weight excluding hydrogens is 259 g/mol. The SMILES string of the molecule is COc1ccc(-c2cnc(C3CCNCC3)o2)cc1F. The summed E-state index contributed by atoms with van der Waals surface area (Å²) >= 11 is 0. The van der Waals surface area contributed by atoms with Crippen LogP contribution in [0, 0.1) is 5.82 Å². The van der Waals surface area contributed by atoms with E-state index in [0.29, 0.717) is 17.2 Å². The first-order chi connectivity index (χ1) is 9.78. The smallest absolute Gasteiger partial charge is 0.198 e. The van der Waals surface area contributed by atoms with E-state index in [1.54, 1.807) is 18.3 Å². The molecule has 1 fully saturated rings. The second-order valence-electron chi connectivity index (χ2n) is 4.94. The predicted molar refractivity (Wildman–Crippen MR) is 73.3 cm³/mol. The van der Waals surface area contributed by atoms with E-state index >= 15 is 0 Å². The Morgan fingerprint density at radius 2 is 2.15 bits per heavy atom. The molecule has 5 heteroatoms. The molecule has 1 saturated heterocycles. The number of nitrogens with zero attached hydrogens (tertiary/aromatic N) is 1. The van der Waals surface area contributed by atoms with Crippen LogP contribution in [-0.4, -0.2) is 25.2 Å². The molecule has 2 aromatic rings. The average molecular weight is 276 g/mol. The average Bonchev–Trinajstić information content (AvgIpc) is 2.98. The maximum absolute atomic E-state index is 13.7. The maximum atomic E-state index is 13.7. The molecule has 0 unspecified atom stereocenters. The van der Waals surface area contributed by atoms with Gasteiger partial charge in [-0.25, -0.2) is 9.37 Å². The Hall–Kier alpha value is -1.88. The van der Waals surface area contributed by atoms with Crippen molar-refractivity contribution in [2.75, 3.05) is 20.2 Å². The van der Waals surface area contributed by atoms with Gasteiger partial charge in [-0.2, -0.15) is 0 Å². The highest BCUT2D eigenvalue weighted by Crippen LogP contribution is 2.30. The minimum absolute atomic E-state index is 0.229. The zero-order chi connectivity index (χ0) is 13.9. The third kappa shape index (κ3) is 2.54. The van der Waals surface area contributed by atoms with E-state index in [1.807, 2.05) is 0 Å². The summed E-state index contributed by atoms with van der Waals surface area (Å²) in [6.45, 7) is 1.97. The molecule has 20 heavy (non-hydrogen) atoms. The molecule has 4 nitrogen and oxygen atoms in total. The zero-order valence-electron chi connectivity index (χ0n) is 11.4. The predicted octanol–water partition coefficient (Wildman–Crippen LogP) is 2.96. The molecular formula is C15H17FN2O2. The number of oxazole rings is 1. The molecule has 1 aromatic heterocycles. The molecule has 1 N–H and O–H groups in total. The van der Waals surface area contributed by atoms with Crippen molar-refractivity contribution in [2.24, 2.45) is 0 Å². The summed E-state index contributed by atoms with van der Waals surface area (Å²) in [5.74, 6) is 1.53. The Kier molecular flexibility index (Phi) is 3.69. The summed E-state index contributed by atoms with van der Waals surface area (Å²) in [7, 11) is 1.45. The Morgan fingerprint density at radius 3 is 2.85 bits per heavy atom. The van der Waals surface area contributed by atoms with E-state index in [4.69, 9.17) is 9.15 Å². The monoisotopic (exact) mass is 276 g/mol. The van der Waals surface area contributed by atoms with Crippen LogP contribution in [0.3, 0.4) is 0 Å². The first kappa shape index (κ1) is 13.1. The largest absolute Gasteiger partial charge is 0.494 e. The molecule has 0 aliphatic carbocycles. The third-order valence-corrected chi connectivity index (χ3v) is 3.65. The number of nitrogens with one attached hydrogen (secondary N) is 1. The number of methoxy groups -OCH3 is 1. The molecule has 0 spiro atoms. The summed E-state index contributed by atoms with van der Waals surface area (Å²) < 4.78 is 24.4. The van der Waals surface area contributed by atoms with Crippen molar-refractivity contribution in [3.63, 3.8) is 0 Å². The van der Waals surface area contributed by atoms with Crippen LogP contribution in [0.2, 0.25) is 0 Å². The lowest BCUT2D eigenvalue weighted by molar-refractivity contribution is 0.377. The van der Waals surface area contributed by atoms with Gasteiger partial charge in [0.25, 0.3) is 0 Å². The topological polar surface area (TPSA) is 47.3 Å². The Morgan fingerprint density at radius 1 is 1.35 bits per heavy atom. The minimum Gasteiger partial charge on any atom is -0.494 e. The van der Waals surface area contributed by atoms with Crippen LogP contribution in [0.25, 0.3) is 11.3 Å². The van der Waals surface area contributed by atoms with Crippen molar-refractivity contribution >= 4 is 0 Å². The number of piperidine rings is 1. The van der Waals surface area contributed by atoms with Gasteiger partial charge in [0.2, 0.25) is 0 Å². The molecule has 0 bridgehead atoms. The van der Waals surface area contributed by atoms with Crippen molar-refractivity contribution in [1.29, 1.82) is 0 Å². The van der Waals surface area contributed by atoms with E-state index in [2.05, 4.69) is 10.3 Å². The molecule has 2 heterocycles. The van der Waals surface area contributed by atoms with Crippen molar-refractivity contribution in [3.8, 4) is 17.1 Å². The highest BCUT2D eigenvalue weighted by Gasteiger charge is 2.20. The number of halogens is 1. The second kappa shape index (κ2) is 5.63. The highest BCUT2D eigenvalue weighted by molar-refractivity contribution is 5.58. The van der Waals surface area contributed by atoms with Gasteiger partial charge in [-0.15, -0.1) is 0 Å². The van der Waals surface area contributed by atoms with Crippen LogP contribution in [0.1, 0.15) is 24.7 Å². The number of ether oxygens (including phenoxy) is 1. The first-order valence-electron chi connectivity index (χ1n) is 6.78. The number of rotatable bonds is 3. The van der Waals surface area contributed by atoms with Crippen LogP contribution in [0.5, 0.6) is 5.75 Å². The van der Waals surface area contributed by atoms with Crippen molar-refractivity contribution in [2.45, 2.75) is 18.8 Å². The van der Waals surface area contributed by atoms with Crippen LogP contribution < -0.4 is 10.1 Å². The van der Waals surface area contributed by atoms with E-state index in [-0.39, 0.29) is 5.75 Å². The molecule has 0 radical (unpaired) electrons. The lowest BCUT2D eigenvalue weighted by atomic mass is 9.98. The van der Waals surface area contributed by atoms with Gasteiger partial charge in [0.1, 0.15) is 0 Å². The van der Waals surface area contributed by atoms with Gasteiger partial charge in [0.15, 0.2) is 23.2 Å². The van der Waals surface area contributed by atoms with Crippen molar-refractivity contribution in [3.05, 3.63) is 36.1 Å². The summed E-state index contributed by atoms with van der Waals surface area (Å²) in [4.78, 5) is 4.34. The zero-order valence-corrected chi connectivity index (χ0v) is 11.4. The van der Waals surface area contributed by atoms with Gasteiger partial charge < -0.3 is 14.5 Å². The third-order valence-electron chi connectivity index (χ3n) is 3.65. The fourth-order valence-electron chi connectivity index (χ4n) is 2.50. The Labute approximate surface area is 117 Å². The molecule has 106 valence electrons. The van der Waals surface area contributed by atoms with E-state index < -0.39 is 5.82 Å². The second-order valence-corrected chi connectivity index (χ2v) is 4.94. The fourth-order valence-corrected chi connectivity index (χ4v) is 2.50. The summed E-state index contributed by atoms with van der Waals surface area (Å²) in [5.41, 5.74) is 0.677. The Bertz CT molecular complexity index is 591. The lowest BCUT2D eigenvalue weighted by Crippen LogP contribution is -2.26. The standard InChI is InChI=1S/C15H17FN2O2/c1-19-13-3-2-11(8-12(13)16)14-9-18-15(20-14)10-4-6-17-7-5-10/h2-3,8-10,17H,4-7H2,1H3. The molecule has 0 saturated carbocycles. The summed E-state index contributed by atoms with van der Waals surface area (Å²) in [6, 6.07) is 4.78. The number of hydrogen-bond acceptors (Lipinski definition) is 4. The van der Waals surface area contributed by atoms with Crippen LogP contribution >= 0.6 is 0 Å². The fraction of sp³-hybridized carbons (Fsp3) is 0.400. The normalized spacial score (nSPS) is 16.3. The molecule has 3 rings (SSSR count). The van der Waals surface area contributed by atoms with E-state index in [1.165, 1.54) is 13.2 Å². The molecule has 1 aliphatic rings. The van der Waals surface area contributed by atoms with E-state index in [9.17, 15) is 4.39 Å². The van der Waals surface area contributed by atoms with Crippen molar-refractivity contribution in [1.82, 2.24) is 10.3 Å². The molecule has 1 aromatic carbocycles. The quantitative estimate of drug-likeness (QED) is 0.936. The van der Waals surface area contributed by atoms with Gasteiger partial charge in [0, 0.05) is 11.5 Å². The summed E-state index contributed by atoms with van der Waals surface area (Å²) in [5, 5.41) is 3.31. The number of hydrogen-bond donors (Lipinski definition) is 1. The number of aromatic nitrogens is 1. The van der Waals surface area contributed by atoms with Gasteiger partial charge in [-0.05, 0) is 44.1 Å². The number of benzene rings is 1. The summed E-state index contributed by atoms with van der Waals surface area (Å²) in [6.07, 6.45) is 3.71. The Balaban J connectivity index is 1.84.